The van der Waals surface area contributed by atoms with Gasteiger partial charge in [0.15, 0.2) is 17.3 Å². The van der Waals surface area contributed by atoms with Gasteiger partial charge < -0.3 is 4.98 Å². The second-order valence-electron chi connectivity index (χ2n) is 6.96. The molecule has 9 heteroatoms. The molecule has 6 aromatic rings. The first kappa shape index (κ1) is 17.3. The molecule has 31 heavy (non-hydrogen) atoms. The number of hydrogen-bond acceptors (Lipinski definition) is 6. The average Bonchev–Trinajstić information content (AvgIpc) is 3.44. The Morgan fingerprint density at radius 2 is 1.74 bits per heavy atom. The molecule has 5 heterocycles. The molecule has 0 unspecified atom stereocenters. The lowest BCUT2D eigenvalue weighted by atomic mass is 10.1. The first-order valence-corrected chi connectivity index (χ1v) is 9.46. The number of aromatic amines is 2. The lowest BCUT2D eigenvalue weighted by Gasteiger charge is -2.02. The second kappa shape index (κ2) is 6.77. The first-order valence-electron chi connectivity index (χ1n) is 9.46. The monoisotopic (exact) mass is 408 g/mol. The fraction of sp³-hybridized carbons (Fsp3) is 0. The maximum atomic E-state index is 14.8. The van der Waals surface area contributed by atoms with Gasteiger partial charge in [0, 0.05) is 53.1 Å². The molecule has 0 bridgehead atoms. The van der Waals surface area contributed by atoms with Crippen LogP contribution in [-0.2, 0) is 0 Å². The van der Waals surface area contributed by atoms with Crippen molar-refractivity contribution in [2.45, 2.75) is 0 Å². The van der Waals surface area contributed by atoms with Crippen molar-refractivity contribution in [2.75, 3.05) is 0 Å². The molecule has 6 rings (SSSR count). The fourth-order valence-electron chi connectivity index (χ4n) is 3.66. The molecule has 0 spiro atoms. The van der Waals surface area contributed by atoms with Crippen LogP contribution in [0.4, 0.5) is 4.39 Å². The molecule has 0 aliphatic heterocycles. The Balaban J connectivity index is 1.55. The van der Waals surface area contributed by atoms with Crippen LogP contribution in [0.3, 0.4) is 0 Å². The molecule has 2 N–H and O–H groups in total. The molecule has 0 fully saturated rings. The highest BCUT2D eigenvalue weighted by Gasteiger charge is 2.18. The van der Waals surface area contributed by atoms with Crippen molar-refractivity contribution >= 4 is 22.1 Å². The van der Waals surface area contributed by atoms with Crippen LogP contribution in [0.5, 0.6) is 0 Å². The molecule has 0 amide bonds. The molecule has 5 aromatic heterocycles. The molecule has 148 valence electrons. The molecule has 0 aliphatic rings. The number of nitrogens with one attached hydrogen (secondary N) is 2. The first-order chi connectivity index (χ1) is 15.3. The minimum atomic E-state index is -0.441. The fourth-order valence-corrected chi connectivity index (χ4v) is 3.66. The Hall–Kier alpha value is -4.53. The van der Waals surface area contributed by atoms with Gasteiger partial charge in [0.05, 0.1) is 5.52 Å². The minimum Gasteiger partial charge on any atom is -0.335 e. The summed E-state index contributed by atoms with van der Waals surface area (Å²) in [6.45, 7) is 0. The number of rotatable bonds is 3. The minimum absolute atomic E-state index is 0.233. The predicted molar refractivity (Wildman–Crippen MR) is 113 cm³/mol. The Bertz CT molecular complexity index is 1540. The summed E-state index contributed by atoms with van der Waals surface area (Å²) in [5.74, 6) is 0.0753. The van der Waals surface area contributed by atoms with Gasteiger partial charge in [0.1, 0.15) is 17.5 Å². The van der Waals surface area contributed by atoms with Crippen LogP contribution in [0, 0.1) is 5.82 Å². The highest BCUT2D eigenvalue weighted by atomic mass is 19.1. The third-order valence-corrected chi connectivity index (χ3v) is 5.11. The van der Waals surface area contributed by atoms with Gasteiger partial charge in [0.2, 0.25) is 0 Å². The number of H-pyrrole nitrogens is 2. The summed E-state index contributed by atoms with van der Waals surface area (Å²) in [4.78, 5) is 24.5. The van der Waals surface area contributed by atoms with Crippen LogP contribution >= 0.6 is 0 Å². The lowest BCUT2D eigenvalue weighted by molar-refractivity contribution is 0.636. The van der Waals surface area contributed by atoms with Crippen molar-refractivity contribution in [2.24, 2.45) is 0 Å². The Labute approximate surface area is 174 Å². The largest absolute Gasteiger partial charge is 0.335 e. The van der Waals surface area contributed by atoms with Crippen molar-refractivity contribution < 1.29 is 4.39 Å². The van der Waals surface area contributed by atoms with Gasteiger partial charge in [-0.15, -0.1) is 0 Å². The predicted octanol–water partition coefficient (Wildman–Crippen LogP) is 4.16. The van der Waals surface area contributed by atoms with Crippen LogP contribution in [0.15, 0.2) is 67.6 Å². The van der Waals surface area contributed by atoms with E-state index in [9.17, 15) is 4.39 Å². The quantitative estimate of drug-likeness (QED) is 0.455. The van der Waals surface area contributed by atoms with Crippen LogP contribution in [0.25, 0.3) is 55.8 Å². The van der Waals surface area contributed by atoms with E-state index in [1.807, 2.05) is 24.3 Å². The van der Waals surface area contributed by atoms with Crippen molar-refractivity contribution in [1.29, 1.82) is 0 Å². The van der Waals surface area contributed by atoms with E-state index in [1.165, 1.54) is 12.4 Å². The zero-order valence-corrected chi connectivity index (χ0v) is 15.9. The van der Waals surface area contributed by atoms with Crippen LogP contribution in [-0.4, -0.2) is 40.1 Å². The summed E-state index contributed by atoms with van der Waals surface area (Å²) in [5, 5.41) is 7.67. The van der Waals surface area contributed by atoms with Gasteiger partial charge in [-0.25, -0.2) is 24.3 Å². The maximum absolute atomic E-state index is 14.8. The molecule has 1 aromatic carbocycles. The topological polar surface area (TPSA) is 109 Å². The number of imidazole rings is 1. The molecular weight excluding hydrogens is 395 g/mol. The molecular formula is C22H13FN8. The molecule has 0 saturated heterocycles. The second-order valence-corrected chi connectivity index (χ2v) is 6.96. The number of fused-ring (bicyclic) bond motifs is 2. The smallest absolute Gasteiger partial charge is 0.178 e. The van der Waals surface area contributed by atoms with Crippen molar-refractivity contribution in [3.8, 4) is 33.8 Å². The molecule has 8 nitrogen and oxygen atoms in total. The van der Waals surface area contributed by atoms with E-state index in [2.05, 4.69) is 40.1 Å². The Kier molecular flexibility index (Phi) is 3.79. The summed E-state index contributed by atoms with van der Waals surface area (Å²) in [5.41, 5.74) is 5.35. The van der Waals surface area contributed by atoms with E-state index in [0.717, 1.165) is 16.6 Å². The summed E-state index contributed by atoms with van der Waals surface area (Å²) < 4.78 is 14.8. The normalized spacial score (nSPS) is 11.4. The average molecular weight is 408 g/mol. The molecule has 0 saturated carbocycles. The van der Waals surface area contributed by atoms with E-state index >= 15 is 0 Å². The number of halogens is 1. The van der Waals surface area contributed by atoms with Gasteiger partial charge in [-0.05, 0) is 29.8 Å². The third kappa shape index (κ3) is 2.83. The zero-order chi connectivity index (χ0) is 20.8. The molecule has 0 radical (unpaired) electrons. The maximum Gasteiger partial charge on any atom is 0.178 e. The van der Waals surface area contributed by atoms with Crippen LogP contribution in [0.1, 0.15) is 0 Å². The number of aromatic nitrogens is 8. The zero-order valence-electron chi connectivity index (χ0n) is 15.9. The standard InChI is InChI=1S/C22H13FN8/c23-17-7-13(14-9-25-11-26-10-14)6-16-18(17)30-31-20(16)22-28-19-15(3-5-27-21(19)29-22)12-2-1-4-24-8-12/h1-11H,(H,30,31)(H,27,28,29). The Morgan fingerprint density at radius 3 is 2.58 bits per heavy atom. The van der Waals surface area contributed by atoms with E-state index < -0.39 is 5.82 Å². The number of benzene rings is 1. The van der Waals surface area contributed by atoms with E-state index in [1.54, 1.807) is 31.0 Å². The lowest BCUT2D eigenvalue weighted by Crippen LogP contribution is -1.86. The van der Waals surface area contributed by atoms with Gasteiger partial charge in [-0.3, -0.25) is 10.1 Å². The summed E-state index contributed by atoms with van der Waals surface area (Å²) in [6, 6.07) is 9.01. The number of pyridine rings is 2. The summed E-state index contributed by atoms with van der Waals surface area (Å²) in [6.07, 6.45) is 9.92. The van der Waals surface area contributed by atoms with Gasteiger partial charge >= 0.3 is 0 Å². The highest BCUT2D eigenvalue weighted by Crippen LogP contribution is 2.33. The van der Waals surface area contributed by atoms with Crippen molar-refractivity contribution in [3.63, 3.8) is 0 Å². The molecule has 0 aliphatic carbocycles. The molecule has 0 atom stereocenters. The van der Waals surface area contributed by atoms with Crippen molar-refractivity contribution in [3.05, 3.63) is 73.5 Å². The summed E-state index contributed by atoms with van der Waals surface area (Å²) in [7, 11) is 0. The number of nitrogens with zero attached hydrogens (tertiary/aromatic N) is 6. The van der Waals surface area contributed by atoms with Crippen molar-refractivity contribution in [1.82, 2.24) is 40.1 Å². The highest BCUT2D eigenvalue weighted by molar-refractivity contribution is 5.97. The van der Waals surface area contributed by atoms with Gasteiger partial charge in [0.25, 0.3) is 0 Å². The number of hydrogen-bond donors (Lipinski definition) is 2. The van der Waals surface area contributed by atoms with Crippen LogP contribution < -0.4 is 0 Å². The third-order valence-electron chi connectivity index (χ3n) is 5.11. The SMILES string of the molecule is Fc1cc(-c2cncnc2)cc2c(-c3nc4nccc(-c5cccnc5)c4[nH]3)[nH]nc12. The van der Waals surface area contributed by atoms with Crippen LogP contribution in [0.2, 0.25) is 0 Å². The van der Waals surface area contributed by atoms with E-state index in [-0.39, 0.29) is 5.52 Å². The van der Waals surface area contributed by atoms with Gasteiger partial charge in [-0.2, -0.15) is 5.10 Å². The van der Waals surface area contributed by atoms with E-state index in [0.29, 0.717) is 33.7 Å². The van der Waals surface area contributed by atoms with Gasteiger partial charge in [-0.1, -0.05) is 6.07 Å². The Morgan fingerprint density at radius 1 is 0.871 bits per heavy atom. The van der Waals surface area contributed by atoms with E-state index in [4.69, 9.17) is 0 Å². The summed E-state index contributed by atoms with van der Waals surface area (Å²) >= 11 is 0.